The van der Waals surface area contributed by atoms with Gasteiger partial charge in [-0.3, -0.25) is 15.0 Å². The van der Waals surface area contributed by atoms with E-state index in [0.29, 0.717) is 17.3 Å². The van der Waals surface area contributed by atoms with Gasteiger partial charge in [-0.05, 0) is 128 Å². The fourth-order valence-electron chi connectivity index (χ4n) is 10.3. The van der Waals surface area contributed by atoms with Gasteiger partial charge in [-0.25, -0.2) is 13.5 Å². The highest BCUT2D eigenvalue weighted by Gasteiger charge is 2.58. The van der Waals surface area contributed by atoms with Crippen LogP contribution >= 0.6 is 0 Å². The van der Waals surface area contributed by atoms with Crippen molar-refractivity contribution in [1.82, 2.24) is 35.2 Å². The molecule has 0 bridgehead atoms. The first-order valence-electron chi connectivity index (χ1n) is 28.2. The molecule has 22 heteroatoms. The molecule has 3 N–H and O–H groups in total. The predicted octanol–water partition coefficient (Wildman–Crippen LogP) is 8.90. The fraction of sp³-hybridized carbons (Fsp3) is 0.443. The predicted molar refractivity (Wildman–Crippen MR) is 316 cm³/mol. The van der Waals surface area contributed by atoms with E-state index in [4.69, 9.17) is 9.31 Å². The third-order valence-electron chi connectivity index (χ3n) is 16.9. The molecule has 3 aliphatic heterocycles. The van der Waals surface area contributed by atoms with Crippen molar-refractivity contribution in [3.63, 3.8) is 0 Å². The number of alkyl halides is 2. The highest BCUT2D eigenvalue weighted by atomic mass is 19.3. The number of hydrogen-bond donors (Lipinski definition) is 3. The Balaban J connectivity index is 0.000000231. The molecule has 0 amide bonds. The van der Waals surface area contributed by atoms with E-state index in [2.05, 4.69) is 122 Å². The van der Waals surface area contributed by atoms with E-state index >= 15 is 8.78 Å². The Bertz CT molecular complexity index is 3160. The molecule has 7 heterocycles. The second-order valence-corrected chi connectivity index (χ2v) is 22.7. The summed E-state index contributed by atoms with van der Waals surface area (Å²) in [4.78, 5) is 22.3. The minimum atomic E-state index is -4.14. The van der Waals surface area contributed by atoms with Gasteiger partial charge < -0.3 is 44.2 Å². The number of anilines is 4. The van der Waals surface area contributed by atoms with Crippen LogP contribution in [0, 0.1) is 23.5 Å². The van der Waals surface area contributed by atoms with Crippen LogP contribution in [0.25, 0.3) is 11.1 Å². The van der Waals surface area contributed by atoms with Gasteiger partial charge in [0.1, 0.15) is 23.7 Å². The third kappa shape index (κ3) is 13.5. The van der Waals surface area contributed by atoms with Crippen molar-refractivity contribution in [3.8, 4) is 11.1 Å². The standard InChI is InChI=1S/C35H36F4N8O2.C26H38BN3O3.B/c1-3-23(2)33(48)31-12-10-28(20-40-31)46-16-14-45(15-17-46)27-8-4-24(5-9-27)25-6-13-32(41-19-25)35(38,39)34(49,21-47-22-42-43-44-47)29-11-7-26(36)18-30(29)37;1-7-19(2)24(31)23-13-12-22(18-28-23)30-16-14-29(15-17-30)21-10-8-20(9-11-21)27-32-25(3,4)26(5,6)33-27;/h4-13,18-20,22-23,33,48-49H,3,14-17,21H2,1-2H3;8-13,18-19,24,31H,7,14-17H2,1-6H3;/t23?,33?,34-;;/m0../s1. The van der Waals surface area contributed by atoms with Crippen molar-refractivity contribution in [3.05, 3.63) is 162 Å². The highest BCUT2D eigenvalue weighted by molar-refractivity contribution is 6.62. The molecular weight excluding hydrogens is 1060 g/mol. The summed E-state index contributed by atoms with van der Waals surface area (Å²) in [5.74, 6) is -6.13. The molecule has 3 aromatic carbocycles. The summed E-state index contributed by atoms with van der Waals surface area (Å²) in [6, 6.07) is 28.7. The van der Waals surface area contributed by atoms with Gasteiger partial charge in [-0.1, -0.05) is 70.9 Å². The Kier molecular flexibility index (Phi) is 19.4. The molecule has 0 spiro atoms. The van der Waals surface area contributed by atoms with E-state index in [1.54, 1.807) is 0 Å². The normalized spacial score (nSPS) is 18.3. The molecule has 16 nitrogen and oxygen atoms in total. The summed E-state index contributed by atoms with van der Waals surface area (Å²) in [5.41, 5.74) is 2.64. The van der Waals surface area contributed by atoms with Gasteiger partial charge in [0.05, 0.1) is 65.1 Å². The molecule has 83 heavy (non-hydrogen) atoms. The van der Waals surface area contributed by atoms with Gasteiger partial charge in [-0.2, -0.15) is 8.78 Å². The number of aromatic nitrogens is 7. The number of halogens is 4. The van der Waals surface area contributed by atoms with Crippen LogP contribution < -0.4 is 25.1 Å². The molecule has 4 aromatic heterocycles. The van der Waals surface area contributed by atoms with Crippen LogP contribution in [0.3, 0.4) is 0 Å². The molecule has 3 radical (unpaired) electrons. The second-order valence-electron chi connectivity index (χ2n) is 22.7. The Labute approximate surface area is 486 Å². The van der Waals surface area contributed by atoms with Crippen LogP contribution in [0.2, 0.25) is 0 Å². The number of pyridine rings is 3. The molecule has 7 aromatic rings. The van der Waals surface area contributed by atoms with Crippen LogP contribution in [0.1, 0.15) is 103 Å². The zero-order valence-corrected chi connectivity index (χ0v) is 48.5. The average Bonchev–Trinajstić information content (AvgIpc) is 4.29. The van der Waals surface area contributed by atoms with Gasteiger partial charge in [0.15, 0.2) is 5.60 Å². The first-order chi connectivity index (χ1) is 39.1. The van der Waals surface area contributed by atoms with E-state index in [-0.39, 0.29) is 38.6 Å². The zero-order valence-electron chi connectivity index (χ0n) is 48.5. The first kappa shape index (κ1) is 62.1. The molecular formula is C61H74B2F4N11O5. The van der Waals surface area contributed by atoms with Crippen LogP contribution in [-0.4, -0.2) is 130 Å². The van der Waals surface area contributed by atoms with Crippen molar-refractivity contribution in [1.29, 1.82) is 0 Å². The SMILES string of the molecule is CCC(C)C(O)c1ccc(N2CCN(c3ccc(-c4ccc(C(F)(F)[C@](O)(Cn5cnnn5)c5ccc(F)cc5F)nc4)cc3)CC2)cn1.CCC(C)C(O)c1ccc(N2CCN(c3ccc(B4OC(C)(C)C(C)(C)O4)cc3)CC2)cn1.[B]. The lowest BCUT2D eigenvalue weighted by Gasteiger charge is -2.37. The van der Waals surface area contributed by atoms with Crippen molar-refractivity contribution in [2.24, 2.45) is 11.8 Å². The van der Waals surface area contributed by atoms with Gasteiger partial charge in [-0.15, -0.1) is 5.10 Å². The van der Waals surface area contributed by atoms with Crippen molar-refractivity contribution in [2.45, 2.75) is 110 Å². The maximum absolute atomic E-state index is 16.1. The number of nitrogens with zero attached hydrogens (tertiary/aromatic N) is 11. The van der Waals surface area contributed by atoms with E-state index in [1.807, 2.05) is 68.7 Å². The summed E-state index contributed by atoms with van der Waals surface area (Å²) in [5, 5.41) is 42.6. The van der Waals surface area contributed by atoms with Crippen LogP contribution in [-0.2, 0) is 27.4 Å². The minimum absolute atomic E-state index is 0. The summed E-state index contributed by atoms with van der Waals surface area (Å²) in [6.07, 6.45) is 6.70. The van der Waals surface area contributed by atoms with E-state index in [9.17, 15) is 24.1 Å². The Morgan fingerprint density at radius 2 is 1.06 bits per heavy atom. The maximum Gasteiger partial charge on any atom is 0.494 e. The molecule has 0 saturated carbocycles. The molecule has 4 unspecified atom stereocenters. The summed E-state index contributed by atoms with van der Waals surface area (Å²) in [6.45, 7) is 22.5. The third-order valence-corrected chi connectivity index (χ3v) is 16.9. The molecule has 3 saturated heterocycles. The lowest BCUT2D eigenvalue weighted by Crippen LogP contribution is -2.48. The highest BCUT2D eigenvalue weighted by Crippen LogP contribution is 2.47. The Morgan fingerprint density at radius 1 is 0.602 bits per heavy atom. The first-order valence-corrected chi connectivity index (χ1v) is 28.2. The van der Waals surface area contributed by atoms with E-state index in [0.717, 1.165) is 128 Å². The average molecular weight is 1140 g/mol. The van der Waals surface area contributed by atoms with Gasteiger partial charge in [0.25, 0.3) is 0 Å². The van der Waals surface area contributed by atoms with Gasteiger partial charge >= 0.3 is 13.0 Å². The van der Waals surface area contributed by atoms with E-state index in [1.165, 1.54) is 18.0 Å². The molecule has 437 valence electrons. The zero-order chi connectivity index (χ0) is 58.6. The van der Waals surface area contributed by atoms with Crippen LogP contribution in [0.5, 0.6) is 0 Å². The van der Waals surface area contributed by atoms with Gasteiger partial charge in [0.2, 0.25) is 0 Å². The van der Waals surface area contributed by atoms with E-state index < -0.39 is 53.2 Å². The Morgan fingerprint density at radius 3 is 1.47 bits per heavy atom. The topological polar surface area (TPSA) is 174 Å². The van der Waals surface area contributed by atoms with Crippen molar-refractivity contribution < 1.29 is 42.2 Å². The quantitative estimate of drug-likeness (QED) is 0.0582. The molecule has 10 rings (SSSR count). The summed E-state index contributed by atoms with van der Waals surface area (Å²) in [7, 11) is -0.324. The molecule has 5 atom stereocenters. The number of aliphatic hydroxyl groups is 3. The molecule has 3 aliphatic rings. The van der Waals surface area contributed by atoms with Crippen molar-refractivity contribution >= 4 is 43.7 Å². The molecule has 0 aliphatic carbocycles. The lowest BCUT2D eigenvalue weighted by atomic mass is 9.79. The summed E-state index contributed by atoms with van der Waals surface area (Å²) >= 11 is 0. The maximum atomic E-state index is 16.1. The monoisotopic (exact) mass is 1140 g/mol. The Hall–Kier alpha value is -6.97. The number of hydrogen-bond acceptors (Lipinski definition) is 15. The van der Waals surface area contributed by atoms with Gasteiger partial charge in [0, 0.05) is 95.5 Å². The number of aliphatic hydroxyl groups excluding tert-OH is 2. The summed E-state index contributed by atoms with van der Waals surface area (Å²) < 4.78 is 73.8. The fourth-order valence-corrected chi connectivity index (χ4v) is 10.3. The van der Waals surface area contributed by atoms with Crippen molar-refractivity contribution in [2.75, 3.05) is 72.0 Å². The number of rotatable bonds is 17. The molecule has 3 fully saturated rings. The van der Waals surface area contributed by atoms with Crippen LogP contribution in [0.15, 0.2) is 128 Å². The number of benzene rings is 3. The largest absolute Gasteiger partial charge is 0.494 e. The lowest BCUT2D eigenvalue weighted by molar-refractivity contribution is -0.207. The minimum Gasteiger partial charge on any atom is -0.399 e. The smallest absolute Gasteiger partial charge is 0.399 e. The van der Waals surface area contributed by atoms with Crippen LogP contribution in [0.4, 0.5) is 40.3 Å². The number of piperazine rings is 2. The number of tetrazole rings is 1. The second kappa shape index (κ2) is 25.9.